The van der Waals surface area contributed by atoms with Crippen LogP contribution >= 0.6 is 0 Å². The smallest absolute Gasteiger partial charge is 0.247 e. The maximum absolute atomic E-state index is 6.61. The lowest BCUT2D eigenvalue weighted by molar-refractivity contribution is -0.185. The van der Waals surface area contributed by atoms with Gasteiger partial charge in [0.05, 0.1) is 12.2 Å². The number of anilines is 1. The number of benzene rings is 2. The van der Waals surface area contributed by atoms with Crippen LogP contribution in [0.1, 0.15) is 80.2 Å². The molecule has 33 heavy (non-hydrogen) atoms. The van der Waals surface area contributed by atoms with Gasteiger partial charge in [-0.1, -0.05) is 30.3 Å². The lowest BCUT2D eigenvalue weighted by Gasteiger charge is -2.53. The summed E-state index contributed by atoms with van der Waals surface area (Å²) < 4.78 is 12.5. The van der Waals surface area contributed by atoms with Crippen molar-refractivity contribution in [2.45, 2.75) is 68.8 Å². The summed E-state index contributed by atoms with van der Waals surface area (Å²) in [6.45, 7) is 1.77. The summed E-state index contributed by atoms with van der Waals surface area (Å²) in [6, 6.07) is 17.7. The van der Waals surface area contributed by atoms with E-state index in [1.807, 2.05) is 6.07 Å². The Labute approximate surface area is 194 Å². The fourth-order valence-corrected chi connectivity index (χ4v) is 5.74. The van der Waals surface area contributed by atoms with Gasteiger partial charge in [0, 0.05) is 29.1 Å². The van der Waals surface area contributed by atoms with Crippen LogP contribution in [0.25, 0.3) is 11.5 Å². The highest BCUT2D eigenvalue weighted by Gasteiger charge is 2.50. The van der Waals surface area contributed by atoms with Gasteiger partial charge in [0.2, 0.25) is 11.8 Å². The van der Waals surface area contributed by atoms with Crippen LogP contribution in [0.5, 0.6) is 0 Å². The minimum Gasteiger partial charge on any atom is -0.420 e. The molecule has 170 valence electrons. The van der Waals surface area contributed by atoms with Crippen LogP contribution in [0, 0.1) is 5.41 Å². The molecule has 2 bridgehead atoms. The number of fused-ring (bicyclic) bond motifs is 3. The van der Waals surface area contributed by atoms with Crippen LogP contribution in [-0.4, -0.2) is 23.3 Å². The van der Waals surface area contributed by atoms with Gasteiger partial charge < -0.3 is 14.5 Å². The van der Waals surface area contributed by atoms with Crippen molar-refractivity contribution in [1.82, 2.24) is 10.2 Å². The van der Waals surface area contributed by atoms with E-state index in [9.17, 15) is 0 Å². The number of hydrogen-bond acceptors (Lipinski definition) is 5. The molecule has 2 saturated heterocycles. The molecule has 5 nitrogen and oxygen atoms in total. The number of aromatic nitrogens is 2. The zero-order valence-electron chi connectivity index (χ0n) is 19.1. The maximum Gasteiger partial charge on any atom is 0.247 e. The van der Waals surface area contributed by atoms with Gasteiger partial charge in [0.25, 0.3) is 0 Å². The van der Waals surface area contributed by atoms with E-state index < -0.39 is 0 Å². The van der Waals surface area contributed by atoms with Crippen molar-refractivity contribution in [3.8, 4) is 11.5 Å². The number of hydrogen-bond donors (Lipinski definition) is 1. The first-order chi connectivity index (χ1) is 16.2. The molecule has 0 radical (unpaired) electrons. The highest BCUT2D eigenvalue weighted by atomic mass is 16.5. The van der Waals surface area contributed by atoms with E-state index in [1.165, 1.54) is 49.7 Å². The fourth-order valence-electron chi connectivity index (χ4n) is 5.74. The standard InChI is InChI=1S/C28H31N3O2/c1-2-22(26-31-30-25(33-26)21-6-7-21)16-24(3-1)29-17-27-12-14-28(15-13-27,32-18-27)23-10-8-20(9-11-23)19-4-5-19/h1-3,8-11,16,19,21,29H,4-7,12-15,17-18H2. The van der Waals surface area contributed by atoms with Crippen LogP contribution < -0.4 is 5.32 Å². The molecule has 8 rings (SSSR count). The van der Waals surface area contributed by atoms with Crippen LogP contribution in [0.4, 0.5) is 5.69 Å². The zero-order valence-corrected chi connectivity index (χ0v) is 19.1. The van der Waals surface area contributed by atoms with Crippen molar-refractivity contribution >= 4 is 5.69 Å². The lowest BCUT2D eigenvalue weighted by Crippen LogP contribution is -2.51. The highest BCUT2D eigenvalue weighted by molar-refractivity contribution is 5.61. The predicted molar refractivity (Wildman–Crippen MR) is 127 cm³/mol. The Kier molecular flexibility index (Phi) is 4.45. The minimum atomic E-state index is -0.0685. The Morgan fingerprint density at radius 1 is 0.879 bits per heavy atom. The molecule has 1 N–H and O–H groups in total. The molecule has 0 amide bonds. The van der Waals surface area contributed by atoms with E-state index in [1.54, 1.807) is 0 Å². The third-order valence-electron chi connectivity index (χ3n) is 8.40. The SMILES string of the molecule is c1cc(NCC23CCC(c4ccc(C5CC5)cc4)(CC2)OC3)cc(-c2nnc(C3CC3)o2)c1. The predicted octanol–water partition coefficient (Wildman–Crippen LogP) is 6.39. The van der Waals surface area contributed by atoms with Crippen LogP contribution in [-0.2, 0) is 10.3 Å². The van der Waals surface area contributed by atoms with Gasteiger partial charge in [-0.3, -0.25) is 0 Å². The summed E-state index contributed by atoms with van der Waals surface area (Å²) in [7, 11) is 0. The normalized spacial score (nSPS) is 28.7. The summed E-state index contributed by atoms with van der Waals surface area (Å²) in [4.78, 5) is 0. The molecule has 3 saturated carbocycles. The molecule has 2 aromatic carbocycles. The van der Waals surface area contributed by atoms with Gasteiger partial charge in [-0.05, 0) is 86.6 Å². The molecule has 0 spiro atoms. The Bertz CT molecular complexity index is 1140. The van der Waals surface area contributed by atoms with Crippen molar-refractivity contribution in [3.63, 3.8) is 0 Å². The van der Waals surface area contributed by atoms with E-state index in [-0.39, 0.29) is 11.0 Å². The van der Waals surface area contributed by atoms with Crippen molar-refractivity contribution < 1.29 is 9.15 Å². The van der Waals surface area contributed by atoms with Gasteiger partial charge in [0.15, 0.2) is 0 Å². The first-order valence-corrected chi connectivity index (χ1v) is 12.6. The summed E-state index contributed by atoms with van der Waals surface area (Å²) in [5.74, 6) is 2.70. The summed E-state index contributed by atoms with van der Waals surface area (Å²) in [5, 5.41) is 12.2. The molecule has 3 heterocycles. The van der Waals surface area contributed by atoms with Crippen molar-refractivity contribution in [3.05, 3.63) is 65.5 Å². The Morgan fingerprint density at radius 2 is 1.67 bits per heavy atom. The highest BCUT2D eigenvalue weighted by Crippen LogP contribution is 2.54. The Hall–Kier alpha value is -2.66. The number of nitrogens with zero attached hydrogens (tertiary/aromatic N) is 2. The van der Waals surface area contributed by atoms with E-state index in [0.717, 1.165) is 49.1 Å². The molecule has 1 aromatic heterocycles. The van der Waals surface area contributed by atoms with Gasteiger partial charge in [0.1, 0.15) is 0 Å². The van der Waals surface area contributed by atoms with E-state index in [4.69, 9.17) is 9.15 Å². The molecular formula is C28H31N3O2. The summed E-state index contributed by atoms with van der Waals surface area (Å²) >= 11 is 0. The monoisotopic (exact) mass is 441 g/mol. The van der Waals surface area contributed by atoms with Gasteiger partial charge in [-0.25, -0.2) is 0 Å². The first-order valence-electron chi connectivity index (χ1n) is 12.6. The van der Waals surface area contributed by atoms with E-state index in [2.05, 4.69) is 58.0 Å². The lowest BCUT2D eigenvalue weighted by atomic mass is 9.64. The Balaban J connectivity index is 1.01. The van der Waals surface area contributed by atoms with Crippen molar-refractivity contribution in [2.75, 3.05) is 18.5 Å². The quantitative estimate of drug-likeness (QED) is 0.460. The van der Waals surface area contributed by atoms with Crippen LogP contribution in [0.3, 0.4) is 0 Å². The summed E-state index contributed by atoms with van der Waals surface area (Å²) in [6.07, 6.45) is 9.69. The number of nitrogens with one attached hydrogen (secondary N) is 1. The Morgan fingerprint density at radius 3 is 2.36 bits per heavy atom. The number of ether oxygens (including phenoxy) is 1. The van der Waals surface area contributed by atoms with Crippen molar-refractivity contribution in [1.29, 1.82) is 0 Å². The van der Waals surface area contributed by atoms with Gasteiger partial charge >= 0.3 is 0 Å². The molecule has 2 aliphatic heterocycles. The maximum atomic E-state index is 6.61. The van der Waals surface area contributed by atoms with E-state index >= 15 is 0 Å². The fraction of sp³-hybridized carbons (Fsp3) is 0.500. The average molecular weight is 442 g/mol. The topological polar surface area (TPSA) is 60.2 Å². The molecule has 0 atom stereocenters. The molecule has 0 unspecified atom stereocenters. The molecular weight excluding hydrogens is 410 g/mol. The molecule has 3 aromatic rings. The molecule has 5 heteroatoms. The van der Waals surface area contributed by atoms with E-state index in [0.29, 0.717) is 11.8 Å². The number of rotatable bonds is 7. The first kappa shape index (κ1) is 19.8. The minimum absolute atomic E-state index is 0.0685. The largest absolute Gasteiger partial charge is 0.420 e. The second-order valence-corrected chi connectivity index (χ2v) is 10.8. The van der Waals surface area contributed by atoms with Gasteiger partial charge in [-0.2, -0.15) is 0 Å². The summed E-state index contributed by atoms with van der Waals surface area (Å²) in [5.41, 5.74) is 5.12. The second kappa shape index (κ2) is 7.42. The third-order valence-corrected chi connectivity index (χ3v) is 8.40. The van der Waals surface area contributed by atoms with Crippen LogP contribution in [0.2, 0.25) is 0 Å². The average Bonchev–Trinajstić information content (AvgIpc) is 3.83. The molecule has 3 aliphatic carbocycles. The van der Waals surface area contributed by atoms with Crippen molar-refractivity contribution in [2.24, 2.45) is 5.41 Å². The third kappa shape index (κ3) is 3.67. The molecule has 5 fully saturated rings. The zero-order chi connectivity index (χ0) is 21.9. The van der Waals surface area contributed by atoms with Crippen LogP contribution in [0.15, 0.2) is 52.9 Å². The molecule has 5 aliphatic rings. The second-order valence-electron chi connectivity index (χ2n) is 10.8. The van der Waals surface area contributed by atoms with Gasteiger partial charge in [-0.15, -0.1) is 10.2 Å².